The van der Waals surface area contributed by atoms with Crippen LogP contribution in [0.4, 0.5) is 15.8 Å². The molecule has 0 spiro atoms. The standard InChI is InChI=1S/C14H21FN2O/c1-3-5-10(6-4-2)14(18)17-13-8-7-11(15)9-12(13)16/h7-10H,3-6,16H2,1-2H3,(H,17,18). The molecule has 100 valence electrons. The molecule has 18 heavy (non-hydrogen) atoms. The molecule has 0 aliphatic rings. The molecule has 0 saturated carbocycles. The number of nitrogen functional groups attached to an aromatic ring is 1. The van der Waals surface area contributed by atoms with Gasteiger partial charge in [0.15, 0.2) is 0 Å². The van der Waals surface area contributed by atoms with Crippen molar-refractivity contribution in [2.24, 2.45) is 5.92 Å². The molecule has 0 atom stereocenters. The van der Waals surface area contributed by atoms with Crippen LogP contribution in [0.5, 0.6) is 0 Å². The number of halogens is 1. The lowest BCUT2D eigenvalue weighted by Gasteiger charge is -2.16. The zero-order valence-electron chi connectivity index (χ0n) is 11.0. The summed E-state index contributed by atoms with van der Waals surface area (Å²) in [6.07, 6.45) is 3.66. The number of hydrogen-bond acceptors (Lipinski definition) is 2. The minimum absolute atomic E-state index is 0.00412. The Morgan fingerprint density at radius 2 is 1.94 bits per heavy atom. The van der Waals surface area contributed by atoms with Crippen molar-refractivity contribution < 1.29 is 9.18 Å². The van der Waals surface area contributed by atoms with Crippen molar-refractivity contribution in [1.82, 2.24) is 0 Å². The Morgan fingerprint density at radius 3 is 2.44 bits per heavy atom. The van der Waals surface area contributed by atoms with Gasteiger partial charge in [-0.2, -0.15) is 0 Å². The van der Waals surface area contributed by atoms with E-state index in [1.807, 2.05) is 0 Å². The quantitative estimate of drug-likeness (QED) is 0.760. The lowest BCUT2D eigenvalue weighted by molar-refractivity contribution is -0.120. The van der Waals surface area contributed by atoms with Crippen molar-refractivity contribution in [2.45, 2.75) is 39.5 Å². The van der Waals surface area contributed by atoms with Gasteiger partial charge in [-0.25, -0.2) is 4.39 Å². The molecule has 0 radical (unpaired) electrons. The van der Waals surface area contributed by atoms with Gasteiger partial charge in [0.05, 0.1) is 11.4 Å². The van der Waals surface area contributed by atoms with E-state index in [9.17, 15) is 9.18 Å². The molecule has 3 N–H and O–H groups in total. The Morgan fingerprint density at radius 1 is 1.33 bits per heavy atom. The third-order valence-electron chi connectivity index (χ3n) is 2.92. The highest BCUT2D eigenvalue weighted by molar-refractivity contribution is 5.95. The van der Waals surface area contributed by atoms with Crippen LogP contribution in [0, 0.1) is 11.7 Å². The van der Waals surface area contributed by atoms with Gasteiger partial charge in [0.1, 0.15) is 5.82 Å². The number of nitrogens with two attached hydrogens (primary N) is 1. The van der Waals surface area contributed by atoms with Gasteiger partial charge < -0.3 is 11.1 Å². The van der Waals surface area contributed by atoms with Gasteiger partial charge in [-0.05, 0) is 31.0 Å². The summed E-state index contributed by atoms with van der Waals surface area (Å²) >= 11 is 0. The molecule has 4 heteroatoms. The molecular weight excluding hydrogens is 231 g/mol. The van der Waals surface area contributed by atoms with E-state index in [4.69, 9.17) is 5.73 Å². The van der Waals surface area contributed by atoms with Crippen LogP contribution in [-0.2, 0) is 4.79 Å². The van der Waals surface area contributed by atoms with Crippen LogP contribution in [0.25, 0.3) is 0 Å². The molecule has 1 rings (SSSR count). The second-order valence-corrected chi connectivity index (χ2v) is 4.50. The van der Waals surface area contributed by atoms with E-state index in [2.05, 4.69) is 19.2 Å². The predicted octanol–water partition coefficient (Wildman–Crippen LogP) is 3.56. The maximum Gasteiger partial charge on any atom is 0.227 e. The second-order valence-electron chi connectivity index (χ2n) is 4.50. The molecule has 0 unspecified atom stereocenters. The first kappa shape index (κ1) is 14.5. The molecule has 1 aromatic carbocycles. The predicted molar refractivity (Wildman–Crippen MR) is 72.7 cm³/mol. The van der Waals surface area contributed by atoms with E-state index in [0.717, 1.165) is 25.7 Å². The summed E-state index contributed by atoms with van der Waals surface area (Å²) in [5.74, 6) is -0.425. The highest BCUT2D eigenvalue weighted by atomic mass is 19.1. The zero-order chi connectivity index (χ0) is 13.5. The van der Waals surface area contributed by atoms with Crippen molar-refractivity contribution in [3.8, 4) is 0 Å². The second kappa shape index (κ2) is 6.99. The number of nitrogens with one attached hydrogen (secondary N) is 1. The van der Waals surface area contributed by atoms with Gasteiger partial charge in [0.2, 0.25) is 5.91 Å². The molecule has 0 aromatic heterocycles. The van der Waals surface area contributed by atoms with Gasteiger partial charge in [-0.1, -0.05) is 26.7 Å². The molecule has 0 saturated heterocycles. The van der Waals surface area contributed by atoms with Gasteiger partial charge in [0, 0.05) is 5.92 Å². The fourth-order valence-corrected chi connectivity index (χ4v) is 1.99. The number of carbonyl (C=O) groups excluding carboxylic acids is 1. The monoisotopic (exact) mass is 252 g/mol. The van der Waals surface area contributed by atoms with E-state index in [0.29, 0.717) is 5.69 Å². The Balaban J connectivity index is 2.72. The molecule has 0 aliphatic heterocycles. The lowest BCUT2D eigenvalue weighted by Crippen LogP contribution is -2.23. The molecule has 0 heterocycles. The van der Waals surface area contributed by atoms with Gasteiger partial charge in [-0.3, -0.25) is 4.79 Å². The first-order valence-corrected chi connectivity index (χ1v) is 6.44. The van der Waals surface area contributed by atoms with Crippen LogP contribution >= 0.6 is 0 Å². The summed E-state index contributed by atoms with van der Waals surface area (Å²) < 4.78 is 12.9. The fourth-order valence-electron chi connectivity index (χ4n) is 1.99. The zero-order valence-corrected chi connectivity index (χ0v) is 11.0. The van der Waals surface area contributed by atoms with Crippen LogP contribution in [0.2, 0.25) is 0 Å². The van der Waals surface area contributed by atoms with Gasteiger partial charge in [-0.15, -0.1) is 0 Å². The number of anilines is 2. The highest BCUT2D eigenvalue weighted by Crippen LogP contribution is 2.22. The highest BCUT2D eigenvalue weighted by Gasteiger charge is 2.17. The summed E-state index contributed by atoms with van der Waals surface area (Å²) in [6, 6.07) is 4.00. The van der Waals surface area contributed by atoms with E-state index in [-0.39, 0.29) is 17.5 Å². The van der Waals surface area contributed by atoms with Crippen molar-refractivity contribution >= 4 is 17.3 Å². The normalized spacial score (nSPS) is 10.7. The fraction of sp³-hybridized carbons (Fsp3) is 0.500. The third-order valence-corrected chi connectivity index (χ3v) is 2.92. The minimum Gasteiger partial charge on any atom is -0.397 e. The van der Waals surface area contributed by atoms with Crippen molar-refractivity contribution in [3.63, 3.8) is 0 Å². The summed E-state index contributed by atoms with van der Waals surface area (Å²) in [5, 5.41) is 2.78. The van der Waals surface area contributed by atoms with E-state index in [1.54, 1.807) is 0 Å². The van der Waals surface area contributed by atoms with Gasteiger partial charge >= 0.3 is 0 Å². The number of rotatable bonds is 6. The summed E-state index contributed by atoms with van der Waals surface area (Å²) in [6.45, 7) is 4.12. The van der Waals surface area contributed by atoms with E-state index >= 15 is 0 Å². The van der Waals surface area contributed by atoms with Crippen LogP contribution in [0.3, 0.4) is 0 Å². The van der Waals surface area contributed by atoms with E-state index < -0.39 is 5.82 Å². The van der Waals surface area contributed by atoms with Gasteiger partial charge in [0.25, 0.3) is 0 Å². The topological polar surface area (TPSA) is 55.1 Å². The Hall–Kier alpha value is -1.58. The van der Waals surface area contributed by atoms with Crippen LogP contribution in [-0.4, -0.2) is 5.91 Å². The van der Waals surface area contributed by atoms with Crippen LogP contribution < -0.4 is 11.1 Å². The lowest BCUT2D eigenvalue weighted by atomic mass is 9.97. The largest absolute Gasteiger partial charge is 0.397 e. The first-order valence-electron chi connectivity index (χ1n) is 6.44. The average molecular weight is 252 g/mol. The summed E-state index contributed by atoms with van der Waals surface area (Å²) in [7, 11) is 0. The number of benzene rings is 1. The van der Waals surface area contributed by atoms with E-state index in [1.165, 1.54) is 18.2 Å². The Kier molecular flexibility index (Phi) is 5.62. The first-order chi connectivity index (χ1) is 8.58. The SMILES string of the molecule is CCCC(CCC)C(=O)Nc1ccc(F)cc1N. The molecule has 1 aromatic rings. The maximum absolute atomic E-state index is 12.9. The smallest absolute Gasteiger partial charge is 0.227 e. The van der Waals surface area contributed by atoms with Crippen LogP contribution in [0.15, 0.2) is 18.2 Å². The van der Waals surface area contributed by atoms with Crippen LogP contribution in [0.1, 0.15) is 39.5 Å². The molecule has 1 amide bonds. The molecule has 3 nitrogen and oxygen atoms in total. The summed E-state index contributed by atoms with van der Waals surface area (Å²) in [5.41, 5.74) is 6.41. The summed E-state index contributed by atoms with van der Waals surface area (Å²) in [4.78, 5) is 12.1. The molecule has 0 fully saturated rings. The van der Waals surface area contributed by atoms with Crippen molar-refractivity contribution in [3.05, 3.63) is 24.0 Å². The number of amides is 1. The maximum atomic E-state index is 12.9. The Labute approximate surface area is 108 Å². The van der Waals surface area contributed by atoms with Crippen molar-refractivity contribution in [1.29, 1.82) is 0 Å². The molecular formula is C14H21FN2O. The minimum atomic E-state index is -0.399. The molecule has 0 aliphatic carbocycles. The Bertz CT molecular complexity index is 401. The molecule has 0 bridgehead atoms. The van der Waals surface area contributed by atoms with Crippen molar-refractivity contribution in [2.75, 3.05) is 11.1 Å². The average Bonchev–Trinajstić information content (AvgIpc) is 2.32. The number of carbonyl (C=O) groups is 1. The number of hydrogen-bond donors (Lipinski definition) is 2. The third kappa shape index (κ3) is 4.02.